The predicted octanol–water partition coefficient (Wildman–Crippen LogP) is 3.98. The van der Waals surface area contributed by atoms with E-state index in [0.29, 0.717) is 23.6 Å². The minimum absolute atomic E-state index is 0.0287. The number of hydrogen-bond donors (Lipinski definition) is 1. The smallest absolute Gasteiger partial charge is 0.259 e. The van der Waals surface area contributed by atoms with Gasteiger partial charge in [-0.05, 0) is 54.1 Å². The monoisotopic (exact) mass is 404 g/mol. The van der Waals surface area contributed by atoms with E-state index in [1.54, 1.807) is 50.5 Å². The summed E-state index contributed by atoms with van der Waals surface area (Å²) in [6.45, 7) is 0.405. The van der Waals surface area contributed by atoms with Crippen LogP contribution in [-0.4, -0.2) is 37.4 Å². The van der Waals surface area contributed by atoms with Crippen molar-refractivity contribution >= 4 is 17.5 Å². The number of ether oxygens (including phenoxy) is 2. The van der Waals surface area contributed by atoms with Gasteiger partial charge in [-0.15, -0.1) is 0 Å². The van der Waals surface area contributed by atoms with Crippen LogP contribution < -0.4 is 14.8 Å². The Morgan fingerprint density at radius 1 is 0.800 bits per heavy atom. The Balaban J connectivity index is 1.51. The van der Waals surface area contributed by atoms with E-state index < -0.39 is 0 Å². The summed E-state index contributed by atoms with van der Waals surface area (Å²) in [5.74, 6) is 1.04. The number of hydrogen-bond acceptors (Lipinski definition) is 4. The SMILES string of the molecule is CN(C)C(=O)COc1ccc(NC(=O)c2ccc(COc3ccccc3)cc2)cc1. The highest BCUT2D eigenvalue weighted by Crippen LogP contribution is 2.17. The minimum Gasteiger partial charge on any atom is -0.489 e. The number of rotatable bonds is 8. The van der Waals surface area contributed by atoms with Gasteiger partial charge in [-0.2, -0.15) is 0 Å². The van der Waals surface area contributed by atoms with Gasteiger partial charge in [0, 0.05) is 25.3 Å². The van der Waals surface area contributed by atoms with E-state index in [4.69, 9.17) is 9.47 Å². The number of para-hydroxylation sites is 1. The number of benzene rings is 3. The molecule has 6 heteroatoms. The summed E-state index contributed by atoms with van der Waals surface area (Å²) in [5, 5.41) is 2.84. The zero-order chi connectivity index (χ0) is 21.3. The summed E-state index contributed by atoms with van der Waals surface area (Å²) in [5.41, 5.74) is 2.17. The van der Waals surface area contributed by atoms with Crippen molar-refractivity contribution in [3.63, 3.8) is 0 Å². The van der Waals surface area contributed by atoms with Crippen LogP contribution in [0.25, 0.3) is 0 Å². The summed E-state index contributed by atoms with van der Waals surface area (Å²) in [4.78, 5) is 25.5. The lowest BCUT2D eigenvalue weighted by Crippen LogP contribution is -2.27. The van der Waals surface area contributed by atoms with E-state index in [-0.39, 0.29) is 18.4 Å². The lowest BCUT2D eigenvalue weighted by atomic mass is 10.1. The van der Waals surface area contributed by atoms with Gasteiger partial charge in [0.1, 0.15) is 18.1 Å². The number of anilines is 1. The van der Waals surface area contributed by atoms with Crippen LogP contribution in [0.4, 0.5) is 5.69 Å². The van der Waals surface area contributed by atoms with Gasteiger partial charge in [0.25, 0.3) is 11.8 Å². The Kier molecular flexibility index (Phi) is 7.05. The van der Waals surface area contributed by atoms with Crippen molar-refractivity contribution in [2.45, 2.75) is 6.61 Å². The van der Waals surface area contributed by atoms with Gasteiger partial charge < -0.3 is 19.7 Å². The molecule has 0 spiro atoms. The molecule has 0 saturated heterocycles. The first-order valence-corrected chi connectivity index (χ1v) is 9.52. The maximum Gasteiger partial charge on any atom is 0.259 e. The van der Waals surface area contributed by atoms with E-state index in [9.17, 15) is 9.59 Å². The fourth-order valence-electron chi connectivity index (χ4n) is 2.55. The quantitative estimate of drug-likeness (QED) is 0.617. The highest BCUT2D eigenvalue weighted by atomic mass is 16.5. The maximum atomic E-state index is 12.5. The Bertz CT molecular complexity index is 968. The van der Waals surface area contributed by atoms with E-state index >= 15 is 0 Å². The summed E-state index contributed by atoms with van der Waals surface area (Å²) >= 11 is 0. The first kappa shape index (κ1) is 20.9. The van der Waals surface area contributed by atoms with Crippen LogP contribution in [0.15, 0.2) is 78.9 Å². The third kappa shape index (κ3) is 6.10. The van der Waals surface area contributed by atoms with Crippen LogP contribution in [0.5, 0.6) is 11.5 Å². The van der Waals surface area contributed by atoms with Crippen molar-refractivity contribution in [2.75, 3.05) is 26.0 Å². The molecule has 0 heterocycles. The van der Waals surface area contributed by atoms with Crippen molar-refractivity contribution in [2.24, 2.45) is 0 Å². The first-order chi connectivity index (χ1) is 14.5. The normalized spacial score (nSPS) is 10.2. The van der Waals surface area contributed by atoms with Gasteiger partial charge in [0.15, 0.2) is 6.61 Å². The second-order valence-electron chi connectivity index (χ2n) is 6.85. The maximum absolute atomic E-state index is 12.5. The Hall–Kier alpha value is -3.80. The van der Waals surface area contributed by atoms with Gasteiger partial charge in [-0.3, -0.25) is 9.59 Å². The van der Waals surface area contributed by atoms with Crippen molar-refractivity contribution in [3.8, 4) is 11.5 Å². The zero-order valence-corrected chi connectivity index (χ0v) is 17.0. The van der Waals surface area contributed by atoms with Crippen molar-refractivity contribution in [1.29, 1.82) is 0 Å². The average molecular weight is 404 g/mol. The fraction of sp³-hybridized carbons (Fsp3) is 0.167. The molecule has 0 aromatic heterocycles. The van der Waals surface area contributed by atoms with Crippen LogP contribution in [-0.2, 0) is 11.4 Å². The van der Waals surface area contributed by atoms with Crippen molar-refractivity contribution in [3.05, 3.63) is 90.0 Å². The Morgan fingerprint density at radius 2 is 1.43 bits per heavy atom. The zero-order valence-electron chi connectivity index (χ0n) is 17.0. The molecule has 0 bridgehead atoms. The standard InChI is InChI=1S/C24H24N2O4/c1-26(2)23(27)17-30-22-14-12-20(13-15-22)25-24(28)19-10-8-18(9-11-19)16-29-21-6-4-3-5-7-21/h3-15H,16-17H2,1-2H3,(H,25,28). The second kappa shape index (κ2) is 10.1. The lowest BCUT2D eigenvalue weighted by molar-refractivity contribution is -0.130. The Morgan fingerprint density at radius 3 is 2.07 bits per heavy atom. The molecule has 2 amide bonds. The van der Waals surface area contributed by atoms with E-state index in [1.165, 1.54) is 4.90 Å². The second-order valence-corrected chi connectivity index (χ2v) is 6.85. The molecule has 0 fully saturated rings. The summed E-state index contributed by atoms with van der Waals surface area (Å²) in [7, 11) is 3.35. The molecule has 3 rings (SSSR count). The predicted molar refractivity (Wildman–Crippen MR) is 116 cm³/mol. The number of amides is 2. The Labute approximate surface area is 176 Å². The first-order valence-electron chi connectivity index (χ1n) is 9.52. The molecule has 0 aliphatic rings. The van der Waals surface area contributed by atoms with Crippen LogP contribution >= 0.6 is 0 Å². The average Bonchev–Trinajstić information content (AvgIpc) is 2.78. The van der Waals surface area contributed by atoms with Crippen LogP contribution in [0, 0.1) is 0 Å². The van der Waals surface area contributed by atoms with E-state index in [0.717, 1.165) is 11.3 Å². The molecule has 0 aliphatic carbocycles. The fourth-order valence-corrected chi connectivity index (χ4v) is 2.55. The number of nitrogens with one attached hydrogen (secondary N) is 1. The highest BCUT2D eigenvalue weighted by molar-refractivity contribution is 6.04. The third-order valence-electron chi connectivity index (χ3n) is 4.34. The molecule has 1 N–H and O–H groups in total. The van der Waals surface area contributed by atoms with Gasteiger partial charge >= 0.3 is 0 Å². The third-order valence-corrected chi connectivity index (χ3v) is 4.34. The van der Waals surface area contributed by atoms with Crippen molar-refractivity contribution in [1.82, 2.24) is 4.90 Å². The van der Waals surface area contributed by atoms with Crippen LogP contribution in [0.3, 0.4) is 0 Å². The molecule has 3 aromatic rings. The van der Waals surface area contributed by atoms with Gasteiger partial charge in [-0.1, -0.05) is 30.3 Å². The molecule has 154 valence electrons. The number of likely N-dealkylation sites (N-methyl/N-ethyl adjacent to an activating group) is 1. The molecular weight excluding hydrogens is 380 g/mol. The van der Waals surface area contributed by atoms with E-state index in [1.807, 2.05) is 42.5 Å². The lowest BCUT2D eigenvalue weighted by Gasteiger charge is -2.12. The molecule has 0 unspecified atom stereocenters. The largest absolute Gasteiger partial charge is 0.489 e. The van der Waals surface area contributed by atoms with E-state index in [2.05, 4.69) is 5.32 Å². The molecule has 6 nitrogen and oxygen atoms in total. The molecular formula is C24H24N2O4. The summed E-state index contributed by atoms with van der Waals surface area (Å²) in [6, 6.07) is 23.7. The summed E-state index contributed by atoms with van der Waals surface area (Å²) in [6.07, 6.45) is 0. The molecule has 0 saturated carbocycles. The molecule has 3 aromatic carbocycles. The van der Waals surface area contributed by atoms with Gasteiger partial charge in [-0.25, -0.2) is 0 Å². The molecule has 0 atom stereocenters. The van der Waals surface area contributed by atoms with Crippen LogP contribution in [0.2, 0.25) is 0 Å². The minimum atomic E-state index is -0.206. The topological polar surface area (TPSA) is 67.9 Å². The number of carbonyl (C=O) groups excluding carboxylic acids is 2. The molecule has 30 heavy (non-hydrogen) atoms. The van der Waals surface area contributed by atoms with Crippen LogP contribution in [0.1, 0.15) is 15.9 Å². The molecule has 0 aliphatic heterocycles. The van der Waals surface area contributed by atoms with Gasteiger partial charge in [0.05, 0.1) is 0 Å². The van der Waals surface area contributed by atoms with Gasteiger partial charge in [0.2, 0.25) is 0 Å². The summed E-state index contributed by atoms with van der Waals surface area (Å²) < 4.78 is 11.1. The number of carbonyl (C=O) groups is 2. The molecule has 0 radical (unpaired) electrons. The highest BCUT2D eigenvalue weighted by Gasteiger charge is 2.08. The number of nitrogens with zero attached hydrogens (tertiary/aromatic N) is 1. The van der Waals surface area contributed by atoms with Crippen molar-refractivity contribution < 1.29 is 19.1 Å².